The van der Waals surface area contributed by atoms with Crippen LogP contribution in [0.25, 0.3) is 10.8 Å². The number of fused-ring (bicyclic) bond motifs is 1. The fraction of sp³-hybridized carbons (Fsp3) is 0.471. The Kier molecular flexibility index (Phi) is 4.05. The predicted octanol–water partition coefficient (Wildman–Crippen LogP) is 4.20. The molecule has 0 spiro atoms. The van der Waals surface area contributed by atoms with Crippen LogP contribution in [0.15, 0.2) is 30.6 Å². The highest BCUT2D eigenvalue weighted by Gasteiger charge is 2.14. The van der Waals surface area contributed by atoms with E-state index in [4.69, 9.17) is 5.73 Å². The molecule has 1 aliphatic carbocycles. The lowest BCUT2D eigenvalue weighted by atomic mass is 10.0. The molecule has 106 valence electrons. The van der Waals surface area contributed by atoms with Gasteiger partial charge in [0.2, 0.25) is 0 Å². The van der Waals surface area contributed by atoms with Crippen molar-refractivity contribution in [2.24, 2.45) is 5.92 Å². The number of anilines is 2. The number of hydrogen-bond donors (Lipinski definition) is 2. The lowest BCUT2D eigenvalue weighted by Crippen LogP contribution is -2.06. The molecule has 0 bridgehead atoms. The first-order valence-corrected chi connectivity index (χ1v) is 7.70. The molecule has 20 heavy (non-hydrogen) atoms. The van der Waals surface area contributed by atoms with E-state index in [-0.39, 0.29) is 0 Å². The summed E-state index contributed by atoms with van der Waals surface area (Å²) >= 11 is 0. The minimum Gasteiger partial charge on any atom is -0.397 e. The Hall–Kier alpha value is -1.77. The van der Waals surface area contributed by atoms with Gasteiger partial charge in [0.05, 0.1) is 11.4 Å². The number of aromatic nitrogens is 1. The number of nitrogens with one attached hydrogen (secondary N) is 1. The number of benzene rings is 1. The molecular weight excluding hydrogens is 246 g/mol. The Morgan fingerprint density at radius 2 is 2.05 bits per heavy atom. The third kappa shape index (κ3) is 2.87. The minimum atomic E-state index is 0.839. The van der Waals surface area contributed by atoms with Crippen molar-refractivity contribution in [2.75, 3.05) is 17.6 Å². The molecule has 3 rings (SSSR count). The Balaban J connectivity index is 1.58. The molecule has 0 amide bonds. The zero-order chi connectivity index (χ0) is 13.8. The van der Waals surface area contributed by atoms with E-state index >= 15 is 0 Å². The maximum Gasteiger partial charge on any atom is 0.0630 e. The highest BCUT2D eigenvalue weighted by atomic mass is 14.9. The predicted molar refractivity (Wildman–Crippen MR) is 85.8 cm³/mol. The largest absolute Gasteiger partial charge is 0.397 e. The molecule has 3 heteroatoms. The second-order valence-electron chi connectivity index (χ2n) is 5.84. The van der Waals surface area contributed by atoms with Crippen LogP contribution in [0.2, 0.25) is 0 Å². The highest BCUT2D eigenvalue weighted by molar-refractivity contribution is 5.98. The van der Waals surface area contributed by atoms with Gasteiger partial charge in [-0.3, -0.25) is 4.98 Å². The zero-order valence-electron chi connectivity index (χ0n) is 11.9. The van der Waals surface area contributed by atoms with Crippen LogP contribution in [-0.4, -0.2) is 11.5 Å². The second kappa shape index (κ2) is 6.12. The third-order valence-electron chi connectivity index (χ3n) is 4.44. The summed E-state index contributed by atoms with van der Waals surface area (Å²) in [5.74, 6) is 0.969. The van der Waals surface area contributed by atoms with E-state index < -0.39 is 0 Å². The van der Waals surface area contributed by atoms with Gasteiger partial charge in [0.25, 0.3) is 0 Å². The van der Waals surface area contributed by atoms with E-state index in [2.05, 4.69) is 22.4 Å². The van der Waals surface area contributed by atoms with Crippen molar-refractivity contribution in [3.8, 4) is 0 Å². The average molecular weight is 269 g/mol. The molecule has 0 unspecified atom stereocenters. The Morgan fingerprint density at radius 3 is 2.90 bits per heavy atom. The molecule has 3 nitrogen and oxygen atoms in total. The van der Waals surface area contributed by atoms with Crippen LogP contribution in [-0.2, 0) is 0 Å². The summed E-state index contributed by atoms with van der Waals surface area (Å²) < 4.78 is 0. The van der Waals surface area contributed by atoms with Crippen molar-refractivity contribution in [1.29, 1.82) is 0 Å². The normalized spacial score (nSPS) is 15.8. The van der Waals surface area contributed by atoms with Crippen LogP contribution in [0.3, 0.4) is 0 Å². The Morgan fingerprint density at radius 1 is 1.20 bits per heavy atom. The lowest BCUT2D eigenvalue weighted by Gasteiger charge is -2.13. The molecule has 0 atom stereocenters. The first-order valence-electron chi connectivity index (χ1n) is 7.70. The minimum absolute atomic E-state index is 0.839. The monoisotopic (exact) mass is 269 g/mol. The van der Waals surface area contributed by atoms with E-state index in [1.807, 2.05) is 12.3 Å². The molecule has 2 aromatic rings. The van der Waals surface area contributed by atoms with Crippen LogP contribution < -0.4 is 11.1 Å². The zero-order valence-corrected chi connectivity index (χ0v) is 11.9. The smallest absolute Gasteiger partial charge is 0.0630 e. The summed E-state index contributed by atoms with van der Waals surface area (Å²) in [7, 11) is 0. The van der Waals surface area contributed by atoms with Gasteiger partial charge in [-0.05, 0) is 30.9 Å². The van der Waals surface area contributed by atoms with Crippen molar-refractivity contribution in [3.05, 3.63) is 30.6 Å². The van der Waals surface area contributed by atoms with Gasteiger partial charge >= 0.3 is 0 Å². The first kappa shape index (κ1) is 13.2. The van der Waals surface area contributed by atoms with Gasteiger partial charge in [-0.1, -0.05) is 31.7 Å². The Bertz CT molecular complexity index is 573. The van der Waals surface area contributed by atoms with Gasteiger partial charge in [-0.25, -0.2) is 0 Å². The molecule has 1 saturated carbocycles. The molecule has 3 N–H and O–H groups in total. The molecule has 1 heterocycles. The van der Waals surface area contributed by atoms with E-state index in [0.29, 0.717) is 0 Å². The standard InChI is InChI=1S/C17H23N3/c18-17-15-9-11-19-12-14(15)7-8-16(17)20-10-3-6-13-4-1-2-5-13/h7-9,11-13,20H,1-6,10,18H2. The SMILES string of the molecule is Nc1c(NCCCC2CCCC2)ccc2cnccc12. The summed E-state index contributed by atoms with van der Waals surface area (Å²) in [5, 5.41) is 5.67. The number of hydrogen-bond acceptors (Lipinski definition) is 3. The lowest BCUT2D eigenvalue weighted by molar-refractivity contribution is 0.491. The third-order valence-corrected chi connectivity index (χ3v) is 4.44. The maximum atomic E-state index is 6.23. The number of nitrogens with zero attached hydrogens (tertiary/aromatic N) is 1. The van der Waals surface area contributed by atoms with Crippen LogP contribution in [0, 0.1) is 5.92 Å². The van der Waals surface area contributed by atoms with E-state index in [0.717, 1.165) is 34.6 Å². The fourth-order valence-electron chi connectivity index (χ4n) is 3.26. The van der Waals surface area contributed by atoms with Crippen LogP contribution in [0.5, 0.6) is 0 Å². The molecule has 0 radical (unpaired) electrons. The van der Waals surface area contributed by atoms with E-state index in [1.165, 1.54) is 38.5 Å². The van der Waals surface area contributed by atoms with Gasteiger partial charge in [0.1, 0.15) is 0 Å². The molecule has 0 saturated heterocycles. The quantitative estimate of drug-likeness (QED) is 0.632. The van der Waals surface area contributed by atoms with Crippen molar-refractivity contribution in [1.82, 2.24) is 4.98 Å². The van der Waals surface area contributed by atoms with Gasteiger partial charge in [-0.2, -0.15) is 0 Å². The highest BCUT2D eigenvalue weighted by Crippen LogP contribution is 2.30. The molecule has 1 fully saturated rings. The number of rotatable bonds is 5. The van der Waals surface area contributed by atoms with Crippen molar-refractivity contribution in [2.45, 2.75) is 38.5 Å². The number of pyridine rings is 1. The molecular formula is C17H23N3. The van der Waals surface area contributed by atoms with Gasteiger partial charge in [0.15, 0.2) is 0 Å². The van der Waals surface area contributed by atoms with Crippen molar-refractivity contribution >= 4 is 22.1 Å². The van der Waals surface area contributed by atoms with Gasteiger partial charge in [-0.15, -0.1) is 0 Å². The van der Waals surface area contributed by atoms with Gasteiger partial charge < -0.3 is 11.1 Å². The molecule has 1 aromatic carbocycles. The summed E-state index contributed by atoms with van der Waals surface area (Å²) in [6, 6.07) is 6.13. The van der Waals surface area contributed by atoms with Crippen LogP contribution >= 0.6 is 0 Å². The van der Waals surface area contributed by atoms with Gasteiger partial charge in [0, 0.05) is 29.7 Å². The first-order chi connectivity index (χ1) is 9.84. The van der Waals surface area contributed by atoms with Crippen molar-refractivity contribution < 1.29 is 0 Å². The summed E-state index contributed by atoms with van der Waals surface area (Å²) in [6.45, 7) is 1.01. The molecule has 1 aromatic heterocycles. The molecule has 1 aliphatic rings. The van der Waals surface area contributed by atoms with Crippen molar-refractivity contribution in [3.63, 3.8) is 0 Å². The van der Waals surface area contributed by atoms with E-state index in [9.17, 15) is 0 Å². The van der Waals surface area contributed by atoms with Crippen LogP contribution in [0.4, 0.5) is 11.4 Å². The number of nitrogens with two attached hydrogens (primary N) is 1. The van der Waals surface area contributed by atoms with E-state index in [1.54, 1.807) is 6.20 Å². The number of nitrogen functional groups attached to an aromatic ring is 1. The van der Waals surface area contributed by atoms with Crippen LogP contribution in [0.1, 0.15) is 38.5 Å². The maximum absolute atomic E-state index is 6.23. The fourth-order valence-corrected chi connectivity index (χ4v) is 3.26. The topological polar surface area (TPSA) is 50.9 Å². The summed E-state index contributed by atoms with van der Waals surface area (Å²) in [4.78, 5) is 4.13. The second-order valence-corrected chi connectivity index (χ2v) is 5.84. The summed E-state index contributed by atoms with van der Waals surface area (Å²) in [5.41, 5.74) is 8.12. The summed E-state index contributed by atoms with van der Waals surface area (Å²) in [6.07, 6.45) is 12.0. The Labute approximate surface area is 120 Å². The molecule has 0 aliphatic heterocycles. The average Bonchev–Trinajstić information content (AvgIpc) is 2.99.